The van der Waals surface area contributed by atoms with Gasteiger partial charge in [-0.2, -0.15) is 0 Å². The van der Waals surface area contributed by atoms with Crippen molar-refractivity contribution >= 4 is 5.91 Å². The van der Waals surface area contributed by atoms with E-state index in [0.717, 1.165) is 5.56 Å². The third kappa shape index (κ3) is 2.36. The molecule has 3 nitrogen and oxygen atoms in total. The number of amides is 1. The highest BCUT2D eigenvalue weighted by Crippen LogP contribution is 2.23. The first-order chi connectivity index (χ1) is 7.27. The zero-order chi connectivity index (χ0) is 10.7. The van der Waals surface area contributed by atoms with Gasteiger partial charge in [-0.05, 0) is 5.56 Å². The summed E-state index contributed by atoms with van der Waals surface area (Å²) in [5, 5.41) is 0. The topological polar surface area (TPSA) is 29.5 Å². The molecule has 3 heteroatoms. The second-order valence-corrected chi connectivity index (χ2v) is 3.79. The Morgan fingerprint density at radius 1 is 1.33 bits per heavy atom. The van der Waals surface area contributed by atoms with Gasteiger partial charge in [-0.3, -0.25) is 4.79 Å². The van der Waals surface area contributed by atoms with Gasteiger partial charge in [0.1, 0.15) is 0 Å². The number of nitrogens with zero attached hydrogens (tertiary/aromatic N) is 1. The van der Waals surface area contributed by atoms with Crippen LogP contribution in [-0.2, 0) is 9.53 Å². The second-order valence-electron chi connectivity index (χ2n) is 3.79. The molecule has 2 rings (SSSR count). The molecule has 80 valence electrons. The molecule has 1 fully saturated rings. The van der Waals surface area contributed by atoms with Gasteiger partial charge in [0.25, 0.3) is 0 Å². The van der Waals surface area contributed by atoms with Crippen LogP contribution < -0.4 is 0 Å². The molecule has 0 aliphatic carbocycles. The Kier molecular flexibility index (Phi) is 3.02. The van der Waals surface area contributed by atoms with Crippen molar-refractivity contribution in [2.75, 3.05) is 20.2 Å². The third-order valence-electron chi connectivity index (χ3n) is 2.70. The third-order valence-corrected chi connectivity index (χ3v) is 2.70. The standard InChI is InChI=1S/C12H15NO2/c1-13-7-8-15-11(9-12(13)14)10-5-3-2-4-6-10/h2-6,11H,7-9H2,1H3/t11-/m0/s1. The number of rotatable bonds is 1. The summed E-state index contributed by atoms with van der Waals surface area (Å²) in [5.41, 5.74) is 1.08. The predicted molar refractivity (Wildman–Crippen MR) is 57.4 cm³/mol. The smallest absolute Gasteiger partial charge is 0.225 e. The highest BCUT2D eigenvalue weighted by atomic mass is 16.5. The van der Waals surface area contributed by atoms with Crippen LogP contribution in [0.3, 0.4) is 0 Å². The number of carbonyl (C=O) groups is 1. The zero-order valence-corrected chi connectivity index (χ0v) is 8.85. The van der Waals surface area contributed by atoms with Crippen molar-refractivity contribution in [3.63, 3.8) is 0 Å². The van der Waals surface area contributed by atoms with Crippen molar-refractivity contribution in [2.24, 2.45) is 0 Å². The van der Waals surface area contributed by atoms with Crippen LogP contribution in [0.15, 0.2) is 30.3 Å². The monoisotopic (exact) mass is 205 g/mol. The second kappa shape index (κ2) is 4.45. The molecule has 0 unspecified atom stereocenters. The minimum Gasteiger partial charge on any atom is -0.371 e. The van der Waals surface area contributed by atoms with Crippen LogP contribution in [0.25, 0.3) is 0 Å². The average molecular weight is 205 g/mol. The Hall–Kier alpha value is -1.35. The van der Waals surface area contributed by atoms with Gasteiger partial charge in [-0.1, -0.05) is 30.3 Å². The van der Waals surface area contributed by atoms with Crippen molar-refractivity contribution in [1.82, 2.24) is 4.90 Å². The molecule has 1 aromatic rings. The van der Waals surface area contributed by atoms with E-state index in [4.69, 9.17) is 4.74 Å². The Morgan fingerprint density at radius 2 is 2.07 bits per heavy atom. The van der Waals surface area contributed by atoms with E-state index in [-0.39, 0.29) is 12.0 Å². The van der Waals surface area contributed by atoms with E-state index in [9.17, 15) is 4.79 Å². The Balaban J connectivity index is 2.13. The van der Waals surface area contributed by atoms with E-state index in [1.54, 1.807) is 4.90 Å². The quantitative estimate of drug-likeness (QED) is 0.697. The SMILES string of the molecule is CN1CCO[C@H](c2ccccc2)CC1=O. The van der Waals surface area contributed by atoms with Gasteiger partial charge >= 0.3 is 0 Å². The normalized spacial score (nSPS) is 22.6. The van der Waals surface area contributed by atoms with E-state index in [1.165, 1.54) is 0 Å². The van der Waals surface area contributed by atoms with Gasteiger partial charge in [0, 0.05) is 13.6 Å². The summed E-state index contributed by atoms with van der Waals surface area (Å²) in [6.45, 7) is 1.30. The lowest BCUT2D eigenvalue weighted by Crippen LogP contribution is -2.27. The molecule has 1 aliphatic heterocycles. The van der Waals surface area contributed by atoms with Crippen molar-refractivity contribution < 1.29 is 9.53 Å². The minimum absolute atomic E-state index is 0.0800. The lowest BCUT2D eigenvalue weighted by Gasteiger charge is -2.14. The fourth-order valence-electron chi connectivity index (χ4n) is 1.71. The molecular weight excluding hydrogens is 190 g/mol. The van der Waals surface area contributed by atoms with E-state index < -0.39 is 0 Å². The van der Waals surface area contributed by atoms with E-state index in [2.05, 4.69) is 0 Å². The number of carbonyl (C=O) groups excluding carboxylic acids is 1. The van der Waals surface area contributed by atoms with Crippen LogP contribution in [0.5, 0.6) is 0 Å². The fraction of sp³-hybridized carbons (Fsp3) is 0.417. The fourth-order valence-corrected chi connectivity index (χ4v) is 1.71. The molecular formula is C12H15NO2. The average Bonchev–Trinajstić information content (AvgIpc) is 2.43. The van der Waals surface area contributed by atoms with Crippen molar-refractivity contribution in [2.45, 2.75) is 12.5 Å². The number of hydrogen-bond donors (Lipinski definition) is 0. The number of ether oxygens (including phenoxy) is 1. The zero-order valence-electron chi connectivity index (χ0n) is 8.85. The number of benzene rings is 1. The molecule has 0 N–H and O–H groups in total. The summed E-state index contributed by atoms with van der Waals surface area (Å²) in [6.07, 6.45) is 0.365. The van der Waals surface area contributed by atoms with Crippen LogP contribution in [0, 0.1) is 0 Å². The summed E-state index contributed by atoms with van der Waals surface area (Å²) in [7, 11) is 1.82. The first-order valence-corrected chi connectivity index (χ1v) is 5.18. The molecule has 0 bridgehead atoms. The lowest BCUT2D eigenvalue weighted by molar-refractivity contribution is -0.129. The Morgan fingerprint density at radius 3 is 2.80 bits per heavy atom. The van der Waals surface area contributed by atoms with Crippen LogP contribution >= 0.6 is 0 Å². The first-order valence-electron chi connectivity index (χ1n) is 5.18. The summed E-state index contributed by atoms with van der Waals surface area (Å²) >= 11 is 0. The highest BCUT2D eigenvalue weighted by molar-refractivity contribution is 5.76. The summed E-state index contributed by atoms with van der Waals surface area (Å²) < 4.78 is 5.67. The van der Waals surface area contributed by atoms with Gasteiger partial charge < -0.3 is 9.64 Å². The maximum atomic E-state index is 11.6. The van der Waals surface area contributed by atoms with Crippen LogP contribution in [0.2, 0.25) is 0 Å². The molecule has 1 amide bonds. The van der Waals surface area contributed by atoms with Gasteiger partial charge in [0.2, 0.25) is 5.91 Å². The molecule has 0 saturated carbocycles. The van der Waals surface area contributed by atoms with E-state index in [1.807, 2.05) is 37.4 Å². The molecule has 1 heterocycles. The molecule has 0 radical (unpaired) electrons. The van der Waals surface area contributed by atoms with E-state index >= 15 is 0 Å². The molecule has 0 aromatic heterocycles. The van der Waals surface area contributed by atoms with Crippen LogP contribution in [-0.4, -0.2) is 31.0 Å². The van der Waals surface area contributed by atoms with Crippen LogP contribution in [0.1, 0.15) is 18.1 Å². The molecule has 1 atom stereocenters. The predicted octanol–water partition coefficient (Wildman–Crippen LogP) is 1.61. The van der Waals surface area contributed by atoms with Crippen LogP contribution in [0.4, 0.5) is 0 Å². The van der Waals surface area contributed by atoms with Crippen molar-refractivity contribution in [1.29, 1.82) is 0 Å². The number of likely N-dealkylation sites (N-methyl/N-ethyl adjacent to an activating group) is 1. The Bertz CT molecular complexity index is 337. The lowest BCUT2D eigenvalue weighted by atomic mass is 10.1. The molecule has 1 saturated heterocycles. The van der Waals surface area contributed by atoms with Gasteiger partial charge in [0.15, 0.2) is 0 Å². The summed E-state index contributed by atoms with van der Waals surface area (Å²) in [4.78, 5) is 13.4. The van der Waals surface area contributed by atoms with Gasteiger partial charge in [0.05, 0.1) is 19.1 Å². The highest BCUT2D eigenvalue weighted by Gasteiger charge is 2.22. The summed E-state index contributed by atoms with van der Waals surface area (Å²) in [6, 6.07) is 9.91. The minimum atomic E-state index is -0.0800. The maximum absolute atomic E-state index is 11.6. The number of hydrogen-bond acceptors (Lipinski definition) is 2. The van der Waals surface area contributed by atoms with E-state index in [0.29, 0.717) is 19.6 Å². The van der Waals surface area contributed by atoms with Crippen molar-refractivity contribution in [3.05, 3.63) is 35.9 Å². The molecule has 1 aliphatic rings. The van der Waals surface area contributed by atoms with Crippen molar-refractivity contribution in [3.8, 4) is 0 Å². The first kappa shape index (κ1) is 10.2. The van der Waals surface area contributed by atoms with Gasteiger partial charge in [-0.25, -0.2) is 0 Å². The van der Waals surface area contributed by atoms with Gasteiger partial charge in [-0.15, -0.1) is 0 Å². The molecule has 15 heavy (non-hydrogen) atoms. The molecule has 1 aromatic carbocycles. The summed E-state index contributed by atoms with van der Waals surface area (Å²) in [5.74, 6) is 0.154. The Labute approximate surface area is 89.7 Å². The largest absolute Gasteiger partial charge is 0.371 e. The molecule has 0 spiro atoms. The maximum Gasteiger partial charge on any atom is 0.225 e.